The van der Waals surface area contributed by atoms with Crippen molar-refractivity contribution in [2.75, 3.05) is 14.2 Å². The van der Waals surface area contributed by atoms with Crippen molar-refractivity contribution in [1.29, 1.82) is 0 Å². The molecule has 0 fully saturated rings. The van der Waals surface area contributed by atoms with Crippen molar-refractivity contribution in [2.24, 2.45) is 0 Å². The van der Waals surface area contributed by atoms with Crippen molar-refractivity contribution in [1.82, 2.24) is 19.7 Å². The Balaban J connectivity index is 1.86. The van der Waals surface area contributed by atoms with Gasteiger partial charge < -0.3 is 23.7 Å². The van der Waals surface area contributed by atoms with Crippen molar-refractivity contribution in [2.45, 2.75) is 33.0 Å². The lowest BCUT2D eigenvalue weighted by atomic mass is 10.1. The number of nitrogens with zero attached hydrogens (tertiary/aromatic N) is 4. The molecule has 10 nitrogen and oxygen atoms in total. The molecule has 0 radical (unpaired) electrons. The van der Waals surface area contributed by atoms with Crippen LogP contribution in [0, 0.1) is 5.82 Å². The van der Waals surface area contributed by atoms with Gasteiger partial charge in [0.15, 0.2) is 5.56 Å². The largest absolute Gasteiger partial charge is 0.494 e. The lowest BCUT2D eigenvalue weighted by Crippen LogP contribution is -2.27. The fraction of sp³-hybridized carbons (Fsp3) is 0.280. The van der Waals surface area contributed by atoms with Crippen molar-refractivity contribution in [3.63, 3.8) is 0 Å². The van der Waals surface area contributed by atoms with Gasteiger partial charge in [0.05, 0.1) is 26.7 Å². The Morgan fingerprint density at radius 2 is 1.84 bits per heavy atom. The van der Waals surface area contributed by atoms with Gasteiger partial charge in [0.2, 0.25) is 11.8 Å². The van der Waals surface area contributed by atoms with Gasteiger partial charge in [-0.3, -0.25) is 9.36 Å². The van der Waals surface area contributed by atoms with Crippen LogP contribution in [0.5, 0.6) is 17.4 Å². The molecule has 0 bridgehead atoms. The number of rotatable bonds is 9. The Morgan fingerprint density at radius 1 is 1.14 bits per heavy atom. The third kappa shape index (κ3) is 5.42. The van der Waals surface area contributed by atoms with Crippen molar-refractivity contribution < 1.29 is 28.1 Å². The molecule has 0 atom stereocenters. The summed E-state index contributed by atoms with van der Waals surface area (Å²) in [6, 6.07) is 9.19. The molecule has 12 heteroatoms. The highest BCUT2D eigenvalue weighted by atomic mass is 35.5. The van der Waals surface area contributed by atoms with Crippen LogP contribution in [0.15, 0.2) is 45.6 Å². The summed E-state index contributed by atoms with van der Waals surface area (Å²) in [6.07, 6.45) is -0.238. The van der Waals surface area contributed by atoms with Crippen LogP contribution < -0.4 is 15.0 Å². The van der Waals surface area contributed by atoms with Crippen LogP contribution in [-0.2, 0) is 17.8 Å². The van der Waals surface area contributed by atoms with Gasteiger partial charge >= 0.3 is 0 Å². The highest BCUT2D eigenvalue weighted by molar-refractivity contribution is 6.30. The number of aromatic nitrogens is 4. The quantitative estimate of drug-likeness (QED) is 0.337. The van der Waals surface area contributed by atoms with Crippen LogP contribution >= 0.6 is 11.6 Å². The van der Waals surface area contributed by atoms with E-state index in [0.717, 1.165) is 0 Å². The molecule has 2 heterocycles. The third-order valence-corrected chi connectivity index (χ3v) is 5.58. The van der Waals surface area contributed by atoms with Gasteiger partial charge in [-0.1, -0.05) is 23.7 Å². The van der Waals surface area contributed by atoms with Crippen LogP contribution in [0.25, 0.3) is 17.1 Å². The maximum absolute atomic E-state index is 14.2. The highest BCUT2D eigenvalue weighted by Gasteiger charge is 2.27. The fourth-order valence-electron chi connectivity index (χ4n) is 3.61. The molecule has 2 aromatic carbocycles. The summed E-state index contributed by atoms with van der Waals surface area (Å²) in [4.78, 5) is 18.1. The van der Waals surface area contributed by atoms with Gasteiger partial charge in [-0.05, 0) is 43.7 Å². The second kappa shape index (κ2) is 11.0. The number of ether oxygens (including phenoxy) is 3. The summed E-state index contributed by atoms with van der Waals surface area (Å²) >= 11 is 5.81. The minimum absolute atomic E-state index is 0.0173. The van der Waals surface area contributed by atoms with E-state index in [1.165, 1.54) is 37.0 Å². The molecular formula is C25H24ClFN4O6. The summed E-state index contributed by atoms with van der Waals surface area (Å²) in [5.41, 5.74) is -0.571. The van der Waals surface area contributed by atoms with E-state index in [1.807, 2.05) is 13.8 Å². The Hall–Kier alpha value is -3.96. The number of hydrogen-bond acceptors (Lipinski definition) is 9. The number of benzene rings is 2. The molecule has 0 spiro atoms. The molecule has 194 valence electrons. The van der Waals surface area contributed by atoms with Crippen molar-refractivity contribution >= 4 is 11.6 Å². The smallest absolute Gasteiger partial charge is 0.275 e. The first-order valence-electron chi connectivity index (χ1n) is 11.2. The van der Waals surface area contributed by atoms with E-state index < -0.39 is 17.3 Å². The van der Waals surface area contributed by atoms with E-state index in [-0.39, 0.29) is 58.6 Å². The molecule has 37 heavy (non-hydrogen) atoms. The van der Waals surface area contributed by atoms with Crippen molar-refractivity contribution in [3.8, 4) is 34.5 Å². The average Bonchev–Trinajstić information content (AvgIpc) is 3.32. The maximum Gasteiger partial charge on any atom is 0.275 e. The molecule has 0 saturated heterocycles. The molecule has 2 aromatic heterocycles. The minimum atomic E-state index is -0.731. The van der Waals surface area contributed by atoms with Crippen LogP contribution in [0.3, 0.4) is 0 Å². The second-order valence-electron chi connectivity index (χ2n) is 8.15. The van der Waals surface area contributed by atoms with E-state index in [9.17, 15) is 14.3 Å². The topological polar surface area (TPSA) is 122 Å². The van der Waals surface area contributed by atoms with Gasteiger partial charge in [-0.2, -0.15) is 4.98 Å². The maximum atomic E-state index is 14.2. The normalized spacial score (nSPS) is 11.2. The van der Waals surface area contributed by atoms with Gasteiger partial charge in [0.1, 0.15) is 35.4 Å². The zero-order valence-electron chi connectivity index (χ0n) is 20.5. The van der Waals surface area contributed by atoms with Gasteiger partial charge in [-0.15, -0.1) is 10.2 Å². The van der Waals surface area contributed by atoms with E-state index in [4.69, 9.17) is 30.2 Å². The predicted octanol–water partition coefficient (Wildman–Crippen LogP) is 4.31. The number of hydrogen-bond donors (Lipinski definition) is 1. The summed E-state index contributed by atoms with van der Waals surface area (Å²) < 4.78 is 37.7. The van der Waals surface area contributed by atoms with Gasteiger partial charge in [0.25, 0.3) is 11.4 Å². The molecule has 4 rings (SSSR count). The highest BCUT2D eigenvalue weighted by Crippen LogP contribution is 2.34. The van der Waals surface area contributed by atoms with E-state index in [0.29, 0.717) is 11.5 Å². The third-order valence-electron chi connectivity index (χ3n) is 5.34. The van der Waals surface area contributed by atoms with Gasteiger partial charge in [0, 0.05) is 5.02 Å². The van der Waals surface area contributed by atoms with Crippen LogP contribution in [0.1, 0.15) is 31.1 Å². The van der Waals surface area contributed by atoms with Crippen LogP contribution in [0.4, 0.5) is 4.39 Å². The Kier molecular flexibility index (Phi) is 7.74. The molecule has 4 aromatic rings. The number of halogens is 2. The lowest BCUT2D eigenvalue weighted by molar-refractivity contribution is 0.0595. The molecule has 0 aliphatic carbocycles. The summed E-state index contributed by atoms with van der Waals surface area (Å²) in [5, 5.41) is 18.8. The Labute approximate surface area is 216 Å². The molecule has 0 unspecified atom stereocenters. The zero-order valence-corrected chi connectivity index (χ0v) is 21.2. The molecule has 0 amide bonds. The average molecular weight is 531 g/mol. The lowest BCUT2D eigenvalue weighted by Gasteiger charge is -2.19. The summed E-state index contributed by atoms with van der Waals surface area (Å²) in [6.45, 7) is 3.54. The first-order valence-corrected chi connectivity index (χ1v) is 11.6. The molecule has 1 N–H and O–H groups in total. The molecular weight excluding hydrogens is 507 g/mol. The van der Waals surface area contributed by atoms with E-state index >= 15 is 0 Å². The Morgan fingerprint density at radius 3 is 2.46 bits per heavy atom. The Bertz CT molecular complexity index is 1460. The summed E-state index contributed by atoms with van der Waals surface area (Å²) in [5.74, 6) is -0.736. The van der Waals surface area contributed by atoms with Crippen LogP contribution in [0.2, 0.25) is 5.02 Å². The van der Waals surface area contributed by atoms with Gasteiger partial charge in [-0.25, -0.2) is 4.39 Å². The zero-order chi connectivity index (χ0) is 26.7. The van der Waals surface area contributed by atoms with Crippen molar-refractivity contribution in [3.05, 3.63) is 74.9 Å². The molecule has 0 aliphatic rings. The van der Waals surface area contributed by atoms with Crippen LogP contribution in [-0.4, -0.2) is 45.2 Å². The standard InChI is InChI=1S/C25H24ClFN4O6/c1-13(2)36-12-19-28-23(32)21(25(33)31(19)22-17(34-3)6-5-7-18(22)35-4)24-30-29-20(37-24)10-14-8-9-15(26)11-16(14)27/h5-9,11,13,32H,10,12H2,1-4H3. The molecule has 0 saturated carbocycles. The SMILES string of the molecule is COc1cccc(OC)c1-n1c(COC(C)C)nc(O)c(-c2nnc(Cc3ccc(Cl)cc3F)o2)c1=O. The first-order chi connectivity index (χ1) is 17.7. The second-order valence-corrected chi connectivity index (χ2v) is 8.59. The first kappa shape index (κ1) is 26.1. The van der Waals surface area contributed by atoms with E-state index in [1.54, 1.807) is 18.2 Å². The summed E-state index contributed by atoms with van der Waals surface area (Å²) in [7, 11) is 2.89. The van der Waals surface area contributed by atoms with E-state index in [2.05, 4.69) is 15.2 Å². The number of para-hydroxylation sites is 1. The molecule has 0 aliphatic heterocycles. The monoisotopic (exact) mass is 530 g/mol. The number of aromatic hydroxyl groups is 1. The minimum Gasteiger partial charge on any atom is -0.494 e. The number of methoxy groups -OCH3 is 2. The fourth-order valence-corrected chi connectivity index (χ4v) is 3.77. The predicted molar refractivity (Wildman–Crippen MR) is 132 cm³/mol.